The highest BCUT2D eigenvalue weighted by atomic mass is 79.9. The van der Waals surface area contributed by atoms with Gasteiger partial charge in [-0.25, -0.2) is 0 Å². The highest BCUT2D eigenvalue weighted by Gasteiger charge is 2.30. The fourth-order valence-corrected chi connectivity index (χ4v) is 2.04. The third kappa shape index (κ3) is 3.56. The maximum Gasteiger partial charge on any atom is 0.227 e. The van der Waals surface area contributed by atoms with Crippen molar-refractivity contribution in [3.63, 3.8) is 0 Å². The van der Waals surface area contributed by atoms with Crippen molar-refractivity contribution >= 4 is 21.8 Å². The number of carbonyl (C=O) groups excluding carboxylic acids is 1. The van der Waals surface area contributed by atoms with Crippen LogP contribution in [0.3, 0.4) is 0 Å². The lowest BCUT2D eigenvalue weighted by atomic mass is 9.86. The van der Waals surface area contributed by atoms with Crippen molar-refractivity contribution < 1.29 is 4.79 Å². The first-order valence-electron chi connectivity index (χ1n) is 6.19. The molecule has 0 bridgehead atoms. The fraction of sp³-hybridized carbons (Fsp3) is 0.500. The minimum absolute atomic E-state index is 0.0139. The number of amides is 1. The first-order chi connectivity index (χ1) is 8.42. The highest BCUT2D eigenvalue weighted by molar-refractivity contribution is 9.10. The number of hydrogen-bond acceptors (Lipinski definition) is 2. The summed E-state index contributed by atoms with van der Waals surface area (Å²) in [7, 11) is 0. The summed E-state index contributed by atoms with van der Waals surface area (Å²) in [6, 6.07) is 7.92. The molecular weight excluding hydrogens is 292 g/mol. The Morgan fingerprint density at radius 3 is 2.72 bits per heavy atom. The molecule has 0 aliphatic heterocycles. The number of hydrogen-bond donors (Lipinski definition) is 2. The second-order valence-electron chi connectivity index (χ2n) is 4.87. The summed E-state index contributed by atoms with van der Waals surface area (Å²) in [4.78, 5) is 12.2. The van der Waals surface area contributed by atoms with Gasteiger partial charge in [0, 0.05) is 11.0 Å². The van der Waals surface area contributed by atoms with Crippen LogP contribution in [0.1, 0.15) is 38.8 Å². The van der Waals surface area contributed by atoms with Crippen LogP contribution in [0.4, 0.5) is 0 Å². The average Bonchev–Trinajstić information content (AvgIpc) is 2.37. The third-order valence-corrected chi connectivity index (χ3v) is 3.97. The Hall–Kier alpha value is -0.870. The van der Waals surface area contributed by atoms with Gasteiger partial charge in [-0.2, -0.15) is 0 Å². The van der Waals surface area contributed by atoms with Gasteiger partial charge in [0.05, 0.1) is 11.5 Å². The highest BCUT2D eigenvalue weighted by Crippen LogP contribution is 2.23. The number of halogens is 1. The zero-order valence-corrected chi connectivity index (χ0v) is 12.8. The molecule has 3 N–H and O–H groups in total. The largest absolute Gasteiger partial charge is 0.349 e. The molecule has 0 radical (unpaired) electrons. The van der Waals surface area contributed by atoms with Gasteiger partial charge in [-0.1, -0.05) is 35.0 Å². The van der Waals surface area contributed by atoms with Gasteiger partial charge in [0.15, 0.2) is 0 Å². The van der Waals surface area contributed by atoms with Crippen LogP contribution in [0.5, 0.6) is 0 Å². The van der Waals surface area contributed by atoms with Crippen LogP contribution in [0.25, 0.3) is 0 Å². The Kier molecular flexibility index (Phi) is 5.35. The van der Waals surface area contributed by atoms with E-state index in [1.807, 2.05) is 45.0 Å². The molecule has 2 unspecified atom stereocenters. The molecule has 0 saturated carbocycles. The Morgan fingerprint density at radius 2 is 2.22 bits per heavy atom. The zero-order valence-electron chi connectivity index (χ0n) is 11.2. The smallest absolute Gasteiger partial charge is 0.227 e. The molecule has 1 aromatic carbocycles. The number of nitrogens with two attached hydrogens (primary N) is 1. The molecule has 1 amide bonds. The summed E-state index contributed by atoms with van der Waals surface area (Å²) in [6.45, 7) is 6.22. The summed E-state index contributed by atoms with van der Waals surface area (Å²) in [5, 5.41) is 3.03. The van der Waals surface area contributed by atoms with Crippen molar-refractivity contribution in [3.05, 3.63) is 34.3 Å². The van der Waals surface area contributed by atoms with Crippen molar-refractivity contribution in [2.75, 3.05) is 6.54 Å². The van der Waals surface area contributed by atoms with Crippen LogP contribution < -0.4 is 11.1 Å². The van der Waals surface area contributed by atoms with Gasteiger partial charge in [0.2, 0.25) is 5.91 Å². The summed E-state index contributed by atoms with van der Waals surface area (Å²) in [5.74, 6) is 0.0139. The SMILES string of the molecule is CCC(C)(CN)C(=O)NC(C)c1cccc(Br)c1. The number of carbonyl (C=O) groups is 1. The van der Waals surface area contributed by atoms with Crippen molar-refractivity contribution in [2.24, 2.45) is 11.1 Å². The number of benzene rings is 1. The second kappa shape index (κ2) is 6.34. The molecule has 0 saturated heterocycles. The number of nitrogens with one attached hydrogen (secondary N) is 1. The van der Waals surface area contributed by atoms with Crippen LogP contribution in [-0.4, -0.2) is 12.5 Å². The van der Waals surface area contributed by atoms with Crippen molar-refractivity contribution in [3.8, 4) is 0 Å². The van der Waals surface area contributed by atoms with Crippen LogP contribution in [-0.2, 0) is 4.79 Å². The van der Waals surface area contributed by atoms with Gasteiger partial charge in [0.25, 0.3) is 0 Å². The lowest BCUT2D eigenvalue weighted by Crippen LogP contribution is -2.44. The van der Waals surface area contributed by atoms with Gasteiger partial charge < -0.3 is 11.1 Å². The molecule has 0 aliphatic carbocycles. The van der Waals surface area contributed by atoms with Crippen molar-refractivity contribution in [1.29, 1.82) is 0 Å². The van der Waals surface area contributed by atoms with E-state index in [4.69, 9.17) is 5.73 Å². The molecule has 0 aromatic heterocycles. The molecule has 1 rings (SSSR count). The molecule has 1 aromatic rings. The van der Waals surface area contributed by atoms with E-state index in [9.17, 15) is 4.79 Å². The van der Waals surface area contributed by atoms with E-state index in [0.29, 0.717) is 6.54 Å². The van der Waals surface area contributed by atoms with E-state index in [2.05, 4.69) is 21.2 Å². The minimum Gasteiger partial charge on any atom is -0.349 e. The van der Waals surface area contributed by atoms with Gasteiger partial charge in [-0.15, -0.1) is 0 Å². The summed E-state index contributed by atoms with van der Waals surface area (Å²) in [5.41, 5.74) is 6.28. The second-order valence-corrected chi connectivity index (χ2v) is 5.78. The van der Waals surface area contributed by atoms with Gasteiger partial charge in [-0.3, -0.25) is 4.79 Å². The summed E-state index contributed by atoms with van der Waals surface area (Å²) < 4.78 is 1.01. The van der Waals surface area contributed by atoms with Crippen molar-refractivity contribution in [1.82, 2.24) is 5.32 Å². The Bertz CT molecular complexity index is 416. The van der Waals surface area contributed by atoms with Crippen LogP contribution in [0.2, 0.25) is 0 Å². The van der Waals surface area contributed by atoms with E-state index >= 15 is 0 Å². The predicted octanol–water partition coefficient (Wildman–Crippen LogP) is 3.00. The standard InChI is InChI=1S/C14H21BrN2O/c1-4-14(3,9-16)13(18)17-10(2)11-6-5-7-12(15)8-11/h5-8,10H,4,9,16H2,1-3H3,(H,17,18). The normalized spacial score (nSPS) is 15.8. The fourth-order valence-electron chi connectivity index (χ4n) is 1.63. The molecule has 0 aliphatic rings. The zero-order chi connectivity index (χ0) is 13.8. The average molecular weight is 313 g/mol. The molecule has 0 fully saturated rings. The van der Waals surface area contributed by atoms with Crippen molar-refractivity contribution in [2.45, 2.75) is 33.2 Å². The molecule has 3 nitrogen and oxygen atoms in total. The van der Waals surface area contributed by atoms with Gasteiger partial charge in [0.1, 0.15) is 0 Å². The van der Waals surface area contributed by atoms with E-state index in [0.717, 1.165) is 16.5 Å². The molecule has 2 atom stereocenters. The van der Waals surface area contributed by atoms with Crippen LogP contribution in [0, 0.1) is 5.41 Å². The first kappa shape index (κ1) is 15.2. The lowest BCUT2D eigenvalue weighted by molar-refractivity contribution is -0.130. The van der Waals surface area contributed by atoms with E-state index in [1.54, 1.807) is 0 Å². The van der Waals surface area contributed by atoms with Crippen LogP contribution in [0.15, 0.2) is 28.7 Å². The maximum absolute atomic E-state index is 12.2. The molecule has 18 heavy (non-hydrogen) atoms. The quantitative estimate of drug-likeness (QED) is 0.878. The molecular formula is C14H21BrN2O. The molecule has 4 heteroatoms. The van der Waals surface area contributed by atoms with E-state index in [1.165, 1.54) is 0 Å². The predicted molar refractivity (Wildman–Crippen MR) is 78.2 cm³/mol. The molecule has 100 valence electrons. The topological polar surface area (TPSA) is 55.1 Å². The molecule has 0 spiro atoms. The molecule has 0 heterocycles. The Labute approximate surface area is 117 Å². The third-order valence-electron chi connectivity index (χ3n) is 3.48. The van der Waals surface area contributed by atoms with Gasteiger partial charge >= 0.3 is 0 Å². The lowest BCUT2D eigenvalue weighted by Gasteiger charge is -2.27. The van der Waals surface area contributed by atoms with Gasteiger partial charge in [-0.05, 0) is 38.0 Å². The summed E-state index contributed by atoms with van der Waals surface area (Å²) in [6.07, 6.45) is 0.737. The Balaban J connectivity index is 2.76. The van der Waals surface area contributed by atoms with E-state index < -0.39 is 5.41 Å². The minimum atomic E-state index is -0.486. The van der Waals surface area contributed by atoms with Crippen LogP contribution >= 0.6 is 15.9 Å². The monoisotopic (exact) mass is 312 g/mol. The van der Waals surface area contributed by atoms with E-state index in [-0.39, 0.29) is 11.9 Å². The maximum atomic E-state index is 12.2. The summed E-state index contributed by atoms with van der Waals surface area (Å²) >= 11 is 3.43. The Morgan fingerprint density at radius 1 is 1.56 bits per heavy atom. The number of rotatable bonds is 5. The first-order valence-corrected chi connectivity index (χ1v) is 6.98.